The van der Waals surface area contributed by atoms with Gasteiger partial charge in [0.1, 0.15) is 18.0 Å². The van der Waals surface area contributed by atoms with Crippen LogP contribution in [0.25, 0.3) is 5.69 Å². The minimum atomic E-state index is -0.690. The van der Waals surface area contributed by atoms with E-state index < -0.39 is 17.3 Å². The smallest absolute Gasteiger partial charge is 0.347 e. The molecule has 0 N–H and O–H groups in total. The normalized spacial score (nSPS) is 11.2. The molecule has 0 saturated carbocycles. The maximum atomic E-state index is 13.9. The van der Waals surface area contributed by atoms with Gasteiger partial charge in [0.05, 0.1) is 12.2 Å². The van der Waals surface area contributed by atoms with Crippen LogP contribution in [0.4, 0.5) is 8.78 Å². The van der Waals surface area contributed by atoms with Crippen molar-refractivity contribution in [3.8, 4) is 5.69 Å². The second kappa shape index (κ2) is 7.50. The molecular formula is C22H20F2N4O. The molecule has 29 heavy (non-hydrogen) atoms. The van der Waals surface area contributed by atoms with Crippen molar-refractivity contribution in [3.63, 3.8) is 0 Å². The summed E-state index contributed by atoms with van der Waals surface area (Å²) in [7, 11) is 0. The highest BCUT2D eigenvalue weighted by molar-refractivity contribution is 5.34. The van der Waals surface area contributed by atoms with E-state index in [1.165, 1.54) is 45.0 Å². The van der Waals surface area contributed by atoms with Gasteiger partial charge in [-0.3, -0.25) is 4.57 Å². The third kappa shape index (κ3) is 3.76. The van der Waals surface area contributed by atoms with E-state index in [2.05, 4.69) is 35.8 Å². The van der Waals surface area contributed by atoms with Crippen LogP contribution in [0.1, 0.15) is 22.4 Å². The topological polar surface area (TPSA) is 44.8 Å². The van der Waals surface area contributed by atoms with Crippen molar-refractivity contribution < 1.29 is 8.78 Å². The van der Waals surface area contributed by atoms with Gasteiger partial charge in [0, 0.05) is 24.0 Å². The van der Waals surface area contributed by atoms with Gasteiger partial charge in [0.15, 0.2) is 0 Å². The zero-order valence-corrected chi connectivity index (χ0v) is 16.1. The number of aromatic nitrogens is 4. The Hall–Kier alpha value is -3.48. The van der Waals surface area contributed by atoms with Crippen molar-refractivity contribution >= 4 is 0 Å². The molecule has 0 atom stereocenters. The molecule has 0 fully saturated rings. The lowest BCUT2D eigenvalue weighted by Crippen LogP contribution is -2.24. The number of benzene rings is 2. The summed E-state index contributed by atoms with van der Waals surface area (Å²) in [6, 6.07) is 13.2. The largest absolute Gasteiger partial charge is 0.350 e. The number of halogens is 2. The number of rotatable bonds is 5. The van der Waals surface area contributed by atoms with Crippen molar-refractivity contribution in [1.29, 1.82) is 0 Å². The molecule has 4 rings (SSSR count). The van der Waals surface area contributed by atoms with Crippen LogP contribution in [-0.2, 0) is 13.1 Å². The SMILES string of the molecule is Cc1cc(C)n(Cc2ccc(-n3ncn(Cc4c(F)cccc4F)c3=O)cc2)c1. The first-order chi connectivity index (χ1) is 13.9. The van der Waals surface area contributed by atoms with Crippen LogP contribution < -0.4 is 5.69 Å². The summed E-state index contributed by atoms with van der Waals surface area (Å²) in [5, 5.41) is 4.09. The van der Waals surface area contributed by atoms with E-state index in [9.17, 15) is 13.6 Å². The summed E-state index contributed by atoms with van der Waals surface area (Å²) in [5.41, 5.74) is 3.45. The summed E-state index contributed by atoms with van der Waals surface area (Å²) in [6.07, 6.45) is 3.38. The first-order valence-corrected chi connectivity index (χ1v) is 9.22. The van der Waals surface area contributed by atoms with Gasteiger partial charge in [-0.25, -0.2) is 13.6 Å². The molecule has 148 valence electrons. The van der Waals surface area contributed by atoms with E-state index in [-0.39, 0.29) is 12.1 Å². The van der Waals surface area contributed by atoms with Gasteiger partial charge in [-0.05, 0) is 55.3 Å². The molecule has 0 aliphatic rings. The molecule has 0 aliphatic heterocycles. The molecule has 0 saturated heterocycles. The van der Waals surface area contributed by atoms with Gasteiger partial charge in [-0.1, -0.05) is 18.2 Å². The van der Waals surface area contributed by atoms with E-state index >= 15 is 0 Å². The molecule has 2 aromatic heterocycles. The van der Waals surface area contributed by atoms with Crippen LogP contribution in [0.3, 0.4) is 0 Å². The summed E-state index contributed by atoms with van der Waals surface area (Å²) < 4.78 is 32.3. The Morgan fingerprint density at radius 2 is 1.62 bits per heavy atom. The van der Waals surface area contributed by atoms with Gasteiger partial charge >= 0.3 is 5.69 Å². The average molecular weight is 394 g/mol. The zero-order valence-electron chi connectivity index (χ0n) is 16.1. The Morgan fingerprint density at radius 3 is 2.24 bits per heavy atom. The van der Waals surface area contributed by atoms with Crippen LogP contribution in [-0.4, -0.2) is 18.9 Å². The fourth-order valence-electron chi connectivity index (χ4n) is 3.38. The second-order valence-electron chi connectivity index (χ2n) is 7.11. The molecule has 0 bridgehead atoms. The van der Waals surface area contributed by atoms with Crippen LogP contribution >= 0.6 is 0 Å². The fourth-order valence-corrected chi connectivity index (χ4v) is 3.38. The highest BCUT2D eigenvalue weighted by Crippen LogP contribution is 2.14. The average Bonchev–Trinajstić information content (AvgIpc) is 3.20. The molecule has 0 amide bonds. The first-order valence-electron chi connectivity index (χ1n) is 9.22. The van der Waals surface area contributed by atoms with Crippen LogP contribution in [0.2, 0.25) is 0 Å². The van der Waals surface area contributed by atoms with Crippen molar-refractivity contribution in [2.75, 3.05) is 0 Å². The Bertz CT molecular complexity index is 1200. The van der Waals surface area contributed by atoms with E-state index in [1.807, 2.05) is 24.3 Å². The minimum absolute atomic E-state index is 0.165. The van der Waals surface area contributed by atoms with Gasteiger partial charge < -0.3 is 4.57 Å². The molecule has 2 heterocycles. The molecule has 0 aliphatic carbocycles. The standard InChI is InChI=1S/C22H20F2N4O/c1-15-10-16(2)26(11-15)12-17-6-8-18(9-7-17)28-22(29)27(14-25-28)13-19-20(23)4-3-5-21(19)24/h3-11,14H,12-13H2,1-2H3. The predicted octanol–water partition coefficient (Wildman–Crippen LogP) is 3.83. The van der Waals surface area contributed by atoms with E-state index in [0.717, 1.165) is 12.1 Å². The third-order valence-electron chi connectivity index (χ3n) is 4.91. The highest BCUT2D eigenvalue weighted by atomic mass is 19.1. The summed E-state index contributed by atoms with van der Waals surface area (Å²) in [4.78, 5) is 12.6. The van der Waals surface area contributed by atoms with E-state index in [4.69, 9.17) is 0 Å². The van der Waals surface area contributed by atoms with Gasteiger partial charge in [0.25, 0.3) is 0 Å². The Labute approximate surface area is 166 Å². The number of aryl methyl sites for hydroxylation is 2. The summed E-state index contributed by atoms with van der Waals surface area (Å²) >= 11 is 0. The quantitative estimate of drug-likeness (QED) is 0.517. The zero-order chi connectivity index (χ0) is 20.5. The molecule has 5 nitrogen and oxygen atoms in total. The van der Waals surface area contributed by atoms with Gasteiger partial charge in [-0.15, -0.1) is 0 Å². The van der Waals surface area contributed by atoms with Crippen molar-refractivity contribution in [3.05, 3.63) is 106 Å². The minimum Gasteiger partial charge on any atom is -0.347 e. The van der Waals surface area contributed by atoms with E-state index in [0.29, 0.717) is 5.69 Å². The van der Waals surface area contributed by atoms with Crippen molar-refractivity contribution in [1.82, 2.24) is 18.9 Å². The lowest BCUT2D eigenvalue weighted by molar-refractivity contribution is 0.541. The molecule has 0 spiro atoms. The lowest BCUT2D eigenvalue weighted by atomic mass is 10.2. The van der Waals surface area contributed by atoms with Crippen LogP contribution in [0, 0.1) is 25.5 Å². The number of nitrogens with zero attached hydrogens (tertiary/aromatic N) is 4. The van der Waals surface area contributed by atoms with Crippen molar-refractivity contribution in [2.45, 2.75) is 26.9 Å². The van der Waals surface area contributed by atoms with Crippen molar-refractivity contribution in [2.24, 2.45) is 0 Å². The molecule has 0 unspecified atom stereocenters. The molecule has 0 radical (unpaired) electrons. The summed E-state index contributed by atoms with van der Waals surface area (Å²) in [5.74, 6) is -1.38. The Kier molecular flexibility index (Phi) is 4.88. The first kappa shape index (κ1) is 18.9. The predicted molar refractivity (Wildman–Crippen MR) is 106 cm³/mol. The number of hydrogen-bond donors (Lipinski definition) is 0. The fraction of sp³-hybridized carbons (Fsp3) is 0.182. The number of hydrogen-bond acceptors (Lipinski definition) is 2. The van der Waals surface area contributed by atoms with Crippen LogP contribution in [0.5, 0.6) is 0 Å². The monoisotopic (exact) mass is 394 g/mol. The summed E-state index contributed by atoms with van der Waals surface area (Å²) in [6.45, 7) is 4.63. The molecular weight excluding hydrogens is 374 g/mol. The van der Waals surface area contributed by atoms with Gasteiger partial charge in [0.2, 0.25) is 0 Å². The Balaban J connectivity index is 1.56. The van der Waals surface area contributed by atoms with Gasteiger partial charge in [-0.2, -0.15) is 9.78 Å². The van der Waals surface area contributed by atoms with E-state index in [1.54, 1.807) is 0 Å². The third-order valence-corrected chi connectivity index (χ3v) is 4.91. The molecule has 2 aromatic carbocycles. The van der Waals surface area contributed by atoms with Crippen LogP contribution in [0.15, 0.2) is 65.8 Å². The molecule has 7 heteroatoms. The Morgan fingerprint density at radius 1 is 0.931 bits per heavy atom. The second-order valence-corrected chi connectivity index (χ2v) is 7.11. The lowest BCUT2D eigenvalue weighted by Gasteiger charge is -2.07. The maximum absolute atomic E-state index is 13.9. The maximum Gasteiger partial charge on any atom is 0.350 e. The molecule has 4 aromatic rings. The highest BCUT2D eigenvalue weighted by Gasteiger charge is 2.13.